The number of benzene rings is 2. The molecule has 0 radical (unpaired) electrons. The van der Waals surface area contributed by atoms with E-state index in [0.29, 0.717) is 12.2 Å². The number of methoxy groups -OCH3 is 1. The summed E-state index contributed by atoms with van der Waals surface area (Å²) in [6.07, 6.45) is -0.0554. The maximum absolute atomic E-state index is 14.8. The van der Waals surface area contributed by atoms with Gasteiger partial charge >= 0.3 is 0 Å². The third-order valence-corrected chi connectivity index (χ3v) is 7.86. The third kappa shape index (κ3) is 5.66. The molecule has 3 N–H and O–H groups in total. The molecule has 2 aromatic rings. The van der Waals surface area contributed by atoms with E-state index in [1.807, 2.05) is 6.07 Å². The van der Waals surface area contributed by atoms with E-state index in [2.05, 4.69) is 25.0 Å². The molecule has 9 heteroatoms. The van der Waals surface area contributed by atoms with Gasteiger partial charge in [-0.25, -0.2) is 4.39 Å². The Balaban J connectivity index is 1.93. The number of ether oxygens (including phenoxy) is 1. The number of likely N-dealkylation sites (tertiary alicyclic amines) is 1. The van der Waals surface area contributed by atoms with E-state index in [9.17, 15) is 18.8 Å². The molecule has 0 spiro atoms. The van der Waals surface area contributed by atoms with E-state index in [4.69, 9.17) is 10.5 Å². The van der Waals surface area contributed by atoms with Gasteiger partial charge in [-0.3, -0.25) is 14.4 Å². The fraction of sp³-hybridized carbons (Fsp3) is 0.375. The van der Waals surface area contributed by atoms with E-state index in [-0.39, 0.29) is 24.6 Å². The summed E-state index contributed by atoms with van der Waals surface area (Å²) in [5.74, 6) is -2.70. The molecule has 0 aromatic heterocycles. The van der Waals surface area contributed by atoms with E-state index >= 15 is 0 Å². The Hall–Kier alpha value is -3.04. The van der Waals surface area contributed by atoms with Crippen LogP contribution in [-0.2, 0) is 25.7 Å². The Kier molecular flexibility index (Phi) is 7.33. The van der Waals surface area contributed by atoms with Crippen molar-refractivity contribution in [1.82, 2.24) is 4.90 Å². The number of carbonyl (C=O) groups excluding carboxylic acids is 3. The Morgan fingerprint density at radius 2 is 1.88 bits per heavy atom. The summed E-state index contributed by atoms with van der Waals surface area (Å²) in [6, 6.07) is 10.9. The predicted molar refractivity (Wildman–Crippen MR) is 127 cm³/mol. The molecule has 0 unspecified atom stereocenters. The van der Waals surface area contributed by atoms with Crippen LogP contribution in [0.2, 0.25) is 19.6 Å². The van der Waals surface area contributed by atoms with Gasteiger partial charge in [0.25, 0.3) is 5.91 Å². The molecule has 33 heavy (non-hydrogen) atoms. The number of primary amides is 1. The van der Waals surface area contributed by atoms with Gasteiger partial charge in [0.05, 0.1) is 26.3 Å². The molecule has 2 aromatic carbocycles. The van der Waals surface area contributed by atoms with Crippen molar-refractivity contribution in [2.75, 3.05) is 19.0 Å². The SMILES string of the molecule is COCc1ccc([C@H](C(=O)Nc2ccc([Si](C)(C)C)cc2F)N2C[C@H](C(N)=O)CC2=O)cc1. The Labute approximate surface area is 194 Å². The second-order valence-corrected chi connectivity index (χ2v) is 14.4. The number of anilines is 1. The average molecular weight is 472 g/mol. The minimum absolute atomic E-state index is 0.0309. The van der Waals surface area contributed by atoms with Crippen molar-refractivity contribution in [1.29, 1.82) is 0 Å². The second kappa shape index (κ2) is 9.84. The lowest BCUT2D eigenvalue weighted by atomic mass is 10.0. The number of nitrogens with one attached hydrogen (secondary N) is 1. The highest BCUT2D eigenvalue weighted by Gasteiger charge is 2.40. The molecule has 2 atom stereocenters. The van der Waals surface area contributed by atoms with Gasteiger partial charge in [0.15, 0.2) is 0 Å². The summed E-state index contributed by atoms with van der Waals surface area (Å²) in [5.41, 5.74) is 6.89. The molecule has 176 valence electrons. The highest BCUT2D eigenvalue weighted by molar-refractivity contribution is 6.88. The van der Waals surface area contributed by atoms with Crippen molar-refractivity contribution in [2.24, 2.45) is 11.7 Å². The molecule has 7 nitrogen and oxygen atoms in total. The zero-order valence-corrected chi connectivity index (χ0v) is 20.4. The molecular formula is C24H30FN3O4Si. The van der Waals surface area contributed by atoms with Gasteiger partial charge < -0.3 is 20.7 Å². The molecule has 1 aliphatic heterocycles. The molecule has 1 fully saturated rings. The summed E-state index contributed by atoms with van der Waals surface area (Å²) in [5, 5.41) is 3.57. The lowest BCUT2D eigenvalue weighted by Gasteiger charge is -2.28. The first-order valence-corrected chi connectivity index (χ1v) is 14.3. The standard InChI is InChI=1S/C24H30FN3O4Si/c1-32-14-15-5-7-16(8-6-15)22(28-13-17(23(26)30)11-21(28)29)24(31)27-20-10-9-18(12-19(20)25)33(2,3)4/h5-10,12,17,22H,11,13-14H2,1-4H3,(H2,26,30)(H,27,31)/t17-,22-/m1/s1. The quantitative estimate of drug-likeness (QED) is 0.578. The lowest BCUT2D eigenvalue weighted by molar-refractivity contribution is -0.135. The molecule has 0 aliphatic carbocycles. The predicted octanol–water partition coefficient (Wildman–Crippen LogP) is 2.53. The van der Waals surface area contributed by atoms with Crippen LogP contribution in [0.4, 0.5) is 10.1 Å². The van der Waals surface area contributed by atoms with Crippen molar-refractivity contribution < 1.29 is 23.5 Å². The first-order valence-electron chi connectivity index (χ1n) is 10.8. The number of carbonyl (C=O) groups is 3. The van der Waals surface area contributed by atoms with Crippen molar-refractivity contribution >= 4 is 36.7 Å². The minimum Gasteiger partial charge on any atom is -0.380 e. The largest absolute Gasteiger partial charge is 0.380 e. The maximum Gasteiger partial charge on any atom is 0.251 e. The minimum atomic E-state index is -1.72. The number of nitrogens with zero attached hydrogens (tertiary/aromatic N) is 1. The highest BCUT2D eigenvalue weighted by atomic mass is 28.3. The first-order chi connectivity index (χ1) is 15.5. The third-order valence-electron chi connectivity index (χ3n) is 5.82. The van der Waals surface area contributed by atoms with Crippen LogP contribution in [0.25, 0.3) is 0 Å². The van der Waals surface area contributed by atoms with E-state index in [1.165, 1.54) is 11.0 Å². The van der Waals surface area contributed by atoms with Gasteiger partial charge in [0, 0.05) is 20.1 Å². The van der Waals surface area contributed by atoms with Crippen molar-refractivity contribution in [2.45, 2.75) is 38.7 Å². The Morgan fingerprint density at radius 1 is 1.21 bits per heavy atom. The van der Waals surface area contributed by atoms with E-state index in [0.717, 1.165) is 10.8 Å². The highest BCUT2D eigenvalue weighted by Crippen LogP contribution is 2.31. The van der Waals surface area contributed by atoms with Crippen LogP contribution in [0.1, 0.15) is 23.6 Å². The summed E-state index contributed by atoms with van der Waals surface area (Å²) >= 11 is 0. The molecule has 1 saturated heterocycles. The molecule has 0 bridgehead atoms. The molecule has 3 amide bonds. The van der Waals surface area contributed by atoms with Crippen molar-refractivity contribution in [3.8, 4) is 0 Å². The van der Waals surface area contributed by atoms with Gasteiger partial charge in [0.1, 0.15) is 11.9 Å². The van der Waals surface area contributed by atoms with Crippen molar-refractivity contribution in [3.63, 3.8) is 0 Å². The van der Waals surface area contributed by atoms with Crippen LogP contribution >= 0.6 is 0 Å². The van der Waals surface area contributed by atoms with Crippen LogP contribution in [0.5, 0.6) is 0 Å². The smallest absolute Gasteiger partial charge is 0.251 e. The van der Waals surface area contributed by atoms with Crippen LogP contribution in [0, 0.1) is 11.7 Å². The summed E-state index contributed by atoms with van der Waals surface area (Å²) < 4.78 is 19.9. The normalized spacial score (nSPS) is 17.2. The number of halogens is 1. The van der Waals surface area contributed by atoms with Gasteiger partial charge in [-0.15, -0.1) is 0 Å². The van der Waals surface area contributed by atoms with Gasteiger partial charge in [-0.2, -0.15) is 0 Å². The van der Waals surface area contributed by atoms with Crippen LogP contribution in [0.3, 0.4) is 0 Å². The van der Waals surface area contributed by atoms with E-state index in [1.54, 1.807) is 37.4 Å². The second-order valence-electron chi connectivity index (χ2n) is 9.36. The molecule has 3 rings (SSSR count). The van der Waals surface area contributed by atoms with Crippen LogP contribution in [0.15, 0.2) is 42.5 Å². The number of hydrogen-bond donors (Lipinski definition) is 2. The molecule has 1 heterocycles. The zero-order chi connectivity index (χ0) is 24.3. The van der Waals surface area contributed by atoms with Gasteiger partial charge in [0.2, 0.25) is 11.8 Å². The number of nitrogens with two attached hydrogens (primary N) is 1. The van der Waals surface area contributed by atoms with Crippen LogP contribution < -0.4 is 16.2 Å². The zero-order valence-electron chi connectivity index (χ0n) is 19.4. The van der Waals surface area contributed by atoms with Crippen LogP contribution in [-0.4, -0.2) is 44.3 Å². The lowest BCUT2D eigenvalue weighted by Crippen LogP contribution is -2.40. The first kappa shape index (κ1) is 24.6. The fourth-order valence-electron chi connectivity index (χ4n) is 3.89. The van der Waals surface area contributed by atoms with E-state index < -0.39 is 37.7 Å². The number of amides is 3. The average Bonchev–Trinajstić information content (AvgIpc) is 3.12. The molecule has 0 saturated carbocycles. The summed E-state index contributed by atoms with van der Waals surface area (Å²) in [6.45, 7) is 6.76. The van der Waals surface area contributed by atoms with Crippen molar-refractivity contribution in [3.05, 3.63) is 59.4 Å². The molecule has 1 aliphatic rings. The Morgan fingerprint density at radius 3 is 2.39 bits per heavy atom. The van der Waals surface area contributed by atoms with Gasteiger partial charge in [-0.1, -0.05) is 55.2 Å². The fourth-order valence-corrected chi connectivity index (χ4v) is 5.03. The number of rotatable bonds is 8. The summed E-state index contributed by atoms with van der Waals surface area (Å²) in [4.78, 5) is 39.1. The summed E-state index contributed by atoms with van der Waals surface area (Å²) in [7, 11) is -0.140. The topological polar surface area (TPSA) is 102 Å². The monoisotopic (exact) mass is 471 g/mol. The Bertz CT molecular complexity index is 1050. The molecular weight excluding hydrogens is 441 g/mol. The van der Waals surface area contributed by atoms with Gasteiger partial charge in [-0.05, 0) is 23.3 Å². The maximum atomic E-state index is 14.8. The number of hydrogen-bond acceptors (Lipinski definition) is 4.